The number of amides is 1. The van der Waals surface area contributed by atoms with Crippen molar-refractivity contribution >= 4 is 17.7 Å². The quantitative estimate of drug-likeness (QED) is 0.649. The van der Waals surface area contributed by atoms with Crippen LogP contribution in [-0.2, 0) is 4.79 Å². The van der Waals surface area contributed by atoms with Gasteiger partial charge in [-0.1, -0.05) is 23.8 Å². The highest BCUT2D eigenvalue weighted by Gasteiger charge is 2.13. The molecular formula is C21H22N2O3. The summed E-state index contributed by atoms with van der Waals surface area (Å²) >= 11 is 0. The molecule has 2 rings (SSSR count). The lowest BCUT2D eigenvalue weighted by Crippen LogP contribution is -2.15. The van der Waals surface area contributed by atoms with Crippen LogP contribution < -0.4 is 14.8 Å². The third-order valence-electron chi connectivity index (χ3n) is 4.00. The number of hydrogen-bond donors (Lipinski definition) is 1. The monoisotopic (exact) mass is 350 g/mol. The molecule has 0 saturated heterocycles. The van der Waals surface area contributed by atoms with Gasteiger partial charge in [-0.2, -0.15) is 5.26 Å². The number of rotatable bonds is 5. The summed E-state index contributed by atoms with van der Waals surface area (Å²) < 4.78 is 10.4. The van der Waals surface area contributed by atoms with Crippen LogP contribution in [-0.4, -0.2) is 20.1 Å². The van der Waals surface area contributed by atoms with E-state index in [9.17, 15) is 10.1 Å². The first-order valence-corrected chi connectivity index (χ1v) is 8.12. The molecule has 0 aliphatic heterocycles. The highest BCUT2D eigenvalue weighted by molar-refractivity contribution is 6.10. The zero-order valence-electron chi connectivity index (χ0n) is 15.6. The van der Waals surface area contributed by atoms with Crippen molar-refractivity contribution in [2.75, 3.05) is 19.5 Å². The Balaban J connectivity index is 2.32. The van der Waals surface area contributed by atoms with E-state index in [1.165, 1.54) is 13.2 Å². The van der Waals surface area contributed by atoms with Crippen LogP contribution in [0.1, 0.15) is 22.3 Å². The molecule has 26 heavy (non-hydrogen) atoms. The van der Waals surface area contributed by atoms with E-state index in [4.69, 9.17) is 9.47 Å². The Kier molecular flexibility index (Phi) is 6.03. The molecule has 5 nitrogen and oxygen atoms in total. The van der Waals surface area contributed by atoms with E-state index in [1.54, 1.807) is 25.3 Å². The van der Waals surface area contributed by atoms with E-state index in [2.05, 4.69) is 5.32 Å². The van der Waals surface area contributed by atoms with Crippen molar-refractivity contribution in [2.45, 2.75) is 20.8 Å². The fourth-order valence-corrected chi connectivity index (χ4v) is 2.82. The summed E-state index contributed by atoms with van der Waals surface area (Å²) in [5.74, 6) is 0.667. The molecule has 0 spiro atoms. The molecule has 0 radical (unpaired) electrons. The molecule has 0 aliphatic carbocycles. The number of carbonyl (C=O) groups excluding carboxylic acids is 1. The van der Waals surface area contributed by atoms with Crippen molar-refractivity contribution in [2.24, 2.45) is 0 Å². The number of benzene rings is 2. The SMILES string of the molecule is COc1ccc(/C=C(\C#N)C(=O)Nc2c(C)cc(C)cc2C)cc1OC. The van der Waals surface area contributed by atoms with Gasteiger partial charge in [0.25, 0.3) is 5.91 Å². The lowest BCUT2D eigenvalue weighted by Gasteiger charge is -2.12. The van der Waals surface area contributed by atoms with E-state index in [0.717, 1.165) is 22.4 Å². The van der Waals surface area contributed by atoms with Gasteiger partial charge in [-0.15, -0.1) is 0 Å². The largest absolute Gasteiger partial charge is 0.493 e. The fraction of sp³-hybridized carbons (Fsp3) is 0.238. The maximum absolute atomic E-state index is 12.6. The Morgan fingerprint density at radius 3 is 2.19 bits per heavy atom. The van der Waals surface area contributed by atoms with E-state index in [1.807, 2.05) is 39.0 Å². The average Bonchev–Trinajstić information content (AvgIpc) is 2.62. The minimum absolute atomic E-state index is 0.0107. The molecule has 0 heterocycles. The molecule has 5 heteroatoms. The van der Waals surface area contributed by atoms with Crippen LogP contribution >= 0.6 is 0 Å². The Labute approximate surface area is 153 Å². The van der Waals surface area contributed by atoms with Crippen molar-refractivity contribution in [3.05, 3.63) is 58.2 Å². The maximum Gasteiger partial charge on any atom is 0.266 e. The summed E-state index contributed by atoms with van der Waals surface area (Å²) in [6.45, 7) is 5.86. The third-order valence-corrected chi connectivity index (χ3v) is 4.00. The highest BCUT2D eigenvalue weighted by atomic mass is 16.5. The van der Waals surface area contributed by atoms with Gasteiger partial charge < -0.3 is 14.8 Å². The van der Waals surface area contributed by atoms with Crippen molar-refractivity contribution in [3.63, 3.8) is 0 Å². The van der Waals surface area contributed by atoms with Crippen LogP contribution in [0.15, 0.2) is 35.9 Å². The molecule has 1 N–H and O–H groups in total. The van der Waals surface area contributed by atoms with Gasteiger partial charge in [0.2, 0.25) is 0 Å². The van der Waals surface area contributed by atoms with Gasteiger partial charge in [-0.05, 0) is 55.7 Å². The van der Waals surface area contributed by atoms with Gasteiger partial charge in [0.05, 0.1) is 14.2 Å². The number of nitriles is 1. The van der Waals surface area contributed by atoms with E-state index < -0.39 is 5.91 Å². The topological polar surface area (TPSA) is 71.3 Å². The summed E-state index contributed by atoms with van der Waals surface area (Å²) in [6.07, 6.45) is 1.52. The summed E-state index contributed by atoms with van der Waals surface area (Å²) in [7, 11) is 3.08. The molecular weight excluding hydrogens is 328 g/mol. The van der Waals surface area contributed by atoms with Crippen molar-refractivity contribution in [1.29, 1.82) is 5.26 Å². The van der Waals surface area contributed by atoms with Gasteiger partial charge in [-0.3, -0.25) is 4.79 Å². The third kappa shape index (κ3) is 4.22. The van der Waals surface area contributed by atoms with E-state index >= 15 is 0 Å². The number of methoxy groups -OCH3 is 2. The smallest absolute Gasteiger partial charge is 0.266 e. The Morgan fingerprint density at radius 1 is 1.04 bits per heavy atom. The number of nitrogens with zero attached hydrogens (tertiary/aromatic N) is 1. The fourth-order valence-electron chi connectivity index (χ4n) is 2.82. The standard InChI is InChI=1S/C21H22N2O3/c1-13-8-14(2)20(15(3)9-13)23-21(24)17(12-22)10-16-6-7-18(25-4)19(11-16)26-5/h6-11H,1-5H3,(H,23,24)/b17-10+. The summed E-state index contributed by atoms with van der Waals surface area (Å²) in [6, 6.07) is 11.1. The number of nitrogens with one attached hydrogen (secondary N) is 1. The second-order valence-corrected chi connectivity index (χ2v) is 6.01. The molecule has 0 atom stereocenters. The first-order chi connectivity index (χ1) is 12.4. The van der Waals surface area contributed by atoms with E-state index in [-0.39, 0.29) is 5.57 Å². The van der Waals surface area contributed by atoms with Gasteiger partial charge in [0.1, 0.15) is 11.6 Å². The van der Waals surface area contributed by atoms with Crippen LogP contribution in [0.3, 0.4) is 0 Å². The molecule has 2 aromatic rings. The number of hydrogen-bond acceptors (Lipinski definition) is 4. The molecule has 0 aromatic heterocycles. The van der Waals surface area contributed by atoms with Crippen molar-refractivity contribution in [1.82, 2.24) is 0 Å². The normalized spacial score (nSPS) is 10.8. The van der Waals surface area contributed by atoms with Gasteiger partial charge in [-0.25, -0.2) is 0 Å². The zero-order chi connectivity index (χ0) is 19.3. The first-order valence-electron chi connectivity index (χ1n) is 8.12. The molecule has 0 aliphatic rings. The minimum atomic E-state index is -0.447. The zero-order valence-corrected chi connectivity index (χ0v) is 15.6. The Hall–Kier alpha value is -3.26. The maximum atomic E-state index is 12.6. The number of carbonyl (C=O) groups is 1. The van der Waals surface area contributed by atoms with Crippen molar-refractivity contribution < 1.29 is 14.3 Å². The Bertz CT molecular complexity index is 885. The molecule has 0 saturated carbocycles. The van der Waals surface area contributed by atoms with Crippen LogP contribution in [0.2, 0.25) is 0 Å². The molecule has 134 valence electrons. The number of ether oxygens (including phenoxy) is 2. The lowest BCUT2D eigenvalue weighted by molar-refractivity contribution is -0.112. The van der Waals surface area contributed by atoms with Gasteiger partial charge >= 0.3 is 0 Å². The predicted molar refractivity (Wildman–Crippen MR) is 102 cm³/mol. The summed E-state index contributed by atoms with van der Waals surface area (Å²) in [5, 5.41) is 12.3. The summed E-state index contributed by atoms with van der Waals surface area (Å²) in [4.78, 5) is 12.6. The number of aryl methyl sites for hydroxylation is 3. The predicted octanol–water partition coefficient (Wildman–Crippen LogP) is 4.17. The van der Waals surface area contributed by atoms with Gasteiger partial charge in [0, 0.05) is 5.69 Å². The van der Waals surface area contributed by atoms with E-state index in [0.29, 0.717) is 17.1 Å². The minimum Gasteiger partial charge on any atom is -0.493 e. The number of anilines is 1. The van der Waals surface area contributed by atoms with Crippen LogP contribution in [0.4, 0.5) is 5.69 Å². The van der Waals surface area contributed by atoms with Crippen LogP contribution in [0, 0.1) is 32.1 Å². The molecule has 0 fully saturated rings. The Morgan fingerprint density at radius 2 is 1.65 bits per heavy atom. The molecule has 0 unspecified atom stereocenters. The van der Waals surface area contributed by atoms with Crippen LogP contribution in [0.25, 0.3) is 6.08 Å². The molecule has 2 aromatic carbocycles. The van der Waals surface area contributed by atoms with Gasteiger partial charge in [0.15, 0.2) is 11.5 Å². The second kappa shape index (κ2) is 8.21. The van der Waals surface area contributed by atoms with Crippen LogP contribution in [0.5, 0.6) is 11.5 Å². The average molecular weight is 350 g/mol. The van der Waals surface area contributed by atoms with Crippen molar-refractivity contribution in [3.8, 4) is 17.6 Å². The summed E-state index contributed by atoms with van der Waals surface area (Å²) in [5.41, 5.74) is 4.45. The first kappa shape index (κ1) is 19.1. The molecule has 0 bridgehead atoms. The highest BCUT2D eigenvalue weighted by Crippen LogP contribution is 2.28. The molecule has 1 amide bonds. The lowest BCUT2D eigenvalue weighted by atomic mass is 10.0. The second-order valence-electron chi connectivity index (χ2n) is 6.01.